The molecule has 2 saturated heterocycles. The van der Waals surface area contributed by atoms with E-state index in [1.165, 1.54) is 0 Å². The van der Waals surface area contributed by atoms with Crippen molar-refractivity contribution in [3.05, 3.63) is 108 Å². The highest BCUT2D eigenvalue weighted by atomic mass is 16.8. The monoisotopic (exact) mass is 682 g/mol. The van der Waals surface area contributed by atoms with Crippen molar-refractivity contribution in [2.24, 2.45) is 0 Å². The van der Waals surface area contributed by atoms with Crippen LogP contribution in [0.5, 0.6) is 0 Å². The molecule has 3 aromatic rings. The summed E-state index contributed by atoms with van der Waals surface area (Å²) in [5, 5.41) is 0. The number of ether oxygens (including phenoxy) is 11. The second-order valence-corrected chi connectivity index (χ2v) is 12.0. The summed E-state index contributed by atoms with van der Waals surface area (Å²) in [6, 6.07) is 29.8. The first-order valence-corrected chi connectivity index (χ1v) is 16.6. The summed E-state index contributed by atoms with van der Waals surface area (Å²) < 4.78 is 68.7. The highest BCUT2D eigenvalue weighted by molar-refractivity contribution is 5.15. The van der Waals surface area contributed by atoms with Gasteiger partial charge in [-0.15, -0.1) is 0 Å². The third-order valence-electron chi connectivity index (χ3n) is 8.82. The molecule has 10 atom stereocenters. The van der Waals surface area contributed by atoms with Gasteiger partial charge in [-0.3, -0.25) is 0 Å². The Bertz CT molecular complexity index is 1320. The minimum Gasteiger partial charge on any atom is -0.382 e. The van der Waals surface area contributed by atoms with Crippen molar-refractivity contribution < 1.29 is 52.1 Å². The maximum Gasteiger partial charge on any atom is 0.187 e. The van der Waals surface area contributed by atoms with Crippen LogP contribution in [0.3, 0.4) is 0 Å². The van der Waals surface area contributed by atoms with Crippen molar-refractivity contribution in [2.45, 2.75) is 81.2 Å². The van der Waals surface area contributed by atoms with Crippen molar-refractivity contribution in [2.75, 3.05) is 48.8 Å². The van der Waals surface area contributed by atoms with Crippen LogP contribution in [0, 0.1) is 0 Å². The number of benzene rings is 3. The first kappa shape index (κ1) is 37.5. The standard InChI is InChI=1S/C38H50O11/c1-39-24-29-31(40-2)33(41-3)35(42-4)38(48-29)49-32-30(25-44-21-26-15-9-6-10-16-26)47-37(43-5)36(46-23-28-19-13-8-14-20-28)34(32)45-22-27-17-11-7-12-18-27/h6-20,29-38H,21-25H2,1-5H3/t29-,30-,31-,32-,33+,34+,35-,36-,37+,38+/m1/s1. The fourth-order valence-electron chi connectivity index (χ4n) is 6.38. The van der Waals surface area contributed by atoms with Gasteiger partial charge in [0.25, 0.3) is 0 Å². The predicted molar refractivity (Wildman–Crippen MR) is 180 cm³/mol. The second-order valence-electron chi connectivity index (χ2n) is 12.0. The molecule has 0 aromatic heterocycles. The molecule has 0 unspecified atom stereocenters. The average molecular weight is 683 g/mol. The van der Waals surface area contributed by atoms with E-state index in [0.29, 0.717) is 19.8 Å². The van der Waals surface area contributed by atoms with Crippen molar-refractivity contribution in [1.82, 2.24) is 0 Å². The number of hydrogen-bond acceptors (Lipinski definition) is 11. The van der Waals surface area contributed by atoms with Crippen LogP contribution < -0.4 is 0 Å². The highest BCUT2D eigenvalue weighted by Gasteiger charge is 2.53. The molecule has 0 radical (unpaired) electrons. The maximum atomic E-state index is 6.92. The van der Waals surface area contributed by atoms with Crippen LogP contribution >= 0.6 is 0 Å². The van der Waals surface area contributed by atoms with Crippen LogP contribution in [0.1, 0.15) is 16.7 Å². The molecular formula is C38H50O11. The van der Waals surface area contributed by atoms with Gasteiger partial charge in [-0.2, -0.15) is 0 Å². The molecule has 3 aromatic carbocycles. The molecule has 2 fully saturated rings. The van der Waals surface area contributed by atoms with E-state index >= 15 is 0 Å². The molecule has 2 heterocycles. The quantitative estimate of drug-likeness (QED) is 0.189. The predicted octanol–water partition coefficient (Wildman–Crippen LogP) is 4.55. The molecule has 11 heteroatoms. The van der Waals surface area contributed by atoms with Gasteiger partial charge in [-0.05, 0) is 16.7 Å². The van der Waals surface area contributed by atoms with Gasteiger partial charge in [0.2, 0.25) is 0 Å². The Labute approximate surface area is 289 Å². The van der Waals surface area contributed by atoms with E-state index in [-0.39, 0.29) is 13.2 Å². The van der Waals surface area contributed by atoms with Crippen molar-refractivity contribution in [3.8, 4) is 0 Å². The Kier molecular flexibility index (Phi) is 15.0. The molecule has 5 rings (SSSR count). The van der Waals surface area contributed by atoms with Crippen LogP contribution in [0.4, 0.5) is 0 Å². The number of rotatable bonds is 18. The summed E-state index contributed by atoms with van der Waals surface area (Å²) in [6.07, 6.45) is -6.62. The Hall–Kier alpha value is -2.78. The van der Waals surface area contributed by atoms with Crippen LogP contribution in [0.2, 0.25) is 0 Å². The molecule has 2 aliphatic rings. The van der Waals surface area contributed by atoms with Gasteiger partial charge in [0.05, 0.1) is 33.0 Å². The Balaban J connectivity index is 1.48. The summed E-state index contributed by atoms with van der Waals surface area (Å²) in [6.45, 7) is 1.41. The summed E-state index contributed by atoms with van der Waals surface area (Å²) >= 11 is 0. The molecule has 2 aliphatic heterocycles. The minimum absolute atomic E-state index is 0.177. The van der Waals surface area contributed by atoms with E-state index in [0.717, 1.165) is 16.7 Å². The summed E-state index contributed by atoms with van der Waals surface area (Å²) in [7, 11) is 8.02. The van der Waals surface area contributed by atoms with E-state index in [9.17, 15) is 0 Å². The molecule has 0 aliphatic carbocycles. The lowest BCUT2D eigenvalue weighted by atomic mass is 9.96. The average Bonchev–Trinajstić information content (AvgIpc) is 3.15. The normalized spacial score (nSPS) is 30.3. The summed E-state index contributed by atoms with van der Waals surface area (Å²) in [5.41, 5.74) is 3.02. The minimum atomic E-state index is -0.914. The molecule has 0 saturated carbocycles. The summed E-state index contributed by atoms with van der Waals surface area (Å²) in [5.74, 6) is 0. The van der Waals surface area contributed by atoms with Gasteiger partial charge >= 0.3 is 0 Å². The lowest BCUT2D eigenvalue weighted by molar-refractivity contribution is -0.370. The molecular weight excluding hydrogens is 632 g/mol. The van der Waals surface area contributed by atoms with Crippen LogP contribution in [0.25, 0.3) is 0 Å². The van der Waals surface area contributed by atoms with Crippen LogP contribution in [0.15, 0.2) is 91.0 Å². The van der Waals surface area contributed by atoms with Crippen LogP contribution in [-0.4, -0.2) is 110 Å². The third kappa shape index (κ3) is 9.93. The fourth-order valence-corrected chi connectivity index (χ4v) is 6.38. The highest BCUT2D eigenvalue weighted by Crippen LogP contribution is 2.35. The van der Waals surface area contributed by atoms with Gasteiger partial charge in [0.15, 0.2) is 12.6 Å². The van der Waals surface area contributed by atoms with Crippen molar-refractivity contribution in [1.29, 1.82) is 0 Å². The van der Waals surface area contributed by atoms with Crippen molar-refractivity contribution >= 4 is 0 Å². The van der Waals surface area contributed by atoms with E-state index in [2.05, 4.69) is 0 Å². The maximum absolute atomic E-state index is 6.92. The zero-order chi connectivity index (χ0) is 34.4. The molecule has 0 N–H and O–H groups in total. The lowest BCUT2D eigenvalue weighted by Gasteiger charge is -2.49. The van der Waals surface area contributed by atoms with Crippen LogP contribution in [-0.2, 0) is 71.9 Å². The Morgan fingerprint density at radius 2 is 0.939 bits per heavy atom. The molecule has 49 heavy (non-hydrogen) atoms. The topological polar surface area (TPSA) is 102 Å². The first-order valence-electron chi connectivity index (χ1n) is 16.6. The van der Waals surface area contributed by atoms with E-state index in [4.69, 9.17) is 52.1 Å². The van der Waals surface area contributed by atoms with Crippen molar-refractivity contribution in [3.63, 3.8) is 0 Å². The van der Waals surface area contributed by atoms with Gasteiger partial charge in [0, 0.05) is 35.5 Å². The smallest absolute Gasteiger partial charge is 0.187 e. The van der Waals surface area contributed by atoms with Gasteiger partial charge in [-0.1, -0.05) is 91.0 Å². The number of hydrogen-bond donors (Lipinski definition) is 0. The number of methoxy groups -OCH3 is 5. The van der Waals surface area contributed by atoms with E-state index < -0.39 is 61.4 Å². The van der Waals surface area contributed by atoms with E-state index in [1.807, 2.05) is 91.0 Å². The lowest BCUT2D eigenvalue weighted by Crippen LogP contribution is -2.66. The SMILES string of the molecule is COC[C@H]1O[C@@H](O[C@H]2[C@H](OCc3ccccc3)[C@@H](OCc3ccccc3)[C@@H](OC)O[C@@H]2COCc2ccccc2)[C@H](OC)[C@@H](OC)[C@@H]1OC. The Morgan fingerprint density at radius 3 is 1.45 bits per heavy atom. The van der Waals surface area contributed by atoms with Gasteiger partial charge in [-0.25, -0.2) is 0 Å². The third-order valence-corrected chi connectivity index (χ3v) is 8.82. The van der Waals surface area contributed by atoms with Gasteiger partial charge in [0.1, 0.15) is 48.8 Å². The van der Waals surface area contributed by atoms with E-state index in [1.54, 1.807) is 35.5 Å². The zero-order valence-electron chi connectivity index (χ0n) is 29.0. The molecule has 11 nitrogen and oxygen atoms in total. The summed E-state index contributed by atoms with van der Waals surface area (Å²) in [4.78, 5) is 0. The molecule has 0 spiro atoms. The largest absolute Gasteiger partial charge is 0.382 e. The second kappa shape index (κ2) is 19.6. The fraction of sp³-hybridized carbons (Fsp3) is 0.526. The molecule has 0 bridgehead atoms. The zero-order valence-corrected chi connectivity index (χ0v) is 29.0. The Morgan fingerprint density at radius 1 is 0.449 bits per heavy atom. The molecule has 268 valence electrons. The molecule has 0 amide bonds. The first-order chi connectivity index (χ1) is 24.1. The van der Waals surface area contributed by atoms with Gasteiger partial charge < -0.3 is 52.1 Å².